The molecule has 1 aliphatic rings. The van der Waals surface area contributed by atoms with E-state index in [0.29, 0.717) is 23.8 Å². The van der Waals surface area contributed by atoms with E-state index in [1.807, 2.05) is 50.2 Å². The first-order chi connectivity index (χ1) is 11.6. The van der Waals surface area contributed by atoms with Gasteiger partial charge in [0.2, 0.25) is 0 Å². The summed E-state index contributed by atoms with van der Waals surface area (Å²) in [5.74, 6) is -0.118. The number of hydrogen-bond donors (Lipinski definition) is 1. The number of carbonyl (C=O) groups excluding carboxylic acids is 1. The summed E-state index contributed by atoms with van der Waals surface area (Å²) in [5, 5.41) is 3.66. The van der Waals surface area contributed by atoms with Gasteiger partial charge in [-0.3, -0.25) is 4.79 Å². The van der Waals surface area contributed by atoms with Gasteiger partial charge in [0.1, 0.15) is 0 Å². The summed E-state index contributed by atoms with van der Waals surface area (Å²) >= 11 is 6.41. The molecule has 24 heavy (non-hydrogen) atoms. The number of amides is 1. The molecule has 0 spiro atoms. The molecule has 0 aromatic heterocycles. The predicted molar refractivity (Wildman–Crippen MR) is 98.4 cm³/mol. The summed E-state index contributed by atoms with van der Waals surface area (Å²) in [5.41, 5.74) is 4.37. The molecule has 1 amide bonds. The number of halogens is 1. The lowest BCUT2D eigenvalue weighted by molar-refractivity contribution is 0.102. The fourth-order valence-electron chi connectivity index (χ4n) is 2.91. The molecule has 1 fully saturated rings. The summed E-state index contributed by atoms with van der Waals surface area (Å²) in [6.45, 7) is 6.81. The summed E-state index contributed by atoms with van der Waals surface area (Å²) in [6, 6.07) is 11.3. The zero-order valence-corrected chi connectivity index (χ0v) is 14.7. The minimum Gasteiger partial charge on any atom is -0.378 e. The van der Waals surface area contributed by atoms with Gasteiger partial charge < -0.3 is 15.0 Å². The second kappa shape index (κ2) is 7.24. The lowest BCUT2D eigenvalue weighted by Crippen LogP contribution is -2.37. The SMILES string of the molecule is Cc1cccc(C(=O)Nc2cccc(Cl)c2N2CCOCC2)c1C. The van der Waals surface area contributed by atoms with Crippen molar-refractivity contribution in [2.45, 2.75) is 13.8 Å². The topological polar surface area (TPSA) is 41.6 Å². The van der Waals surface area contributed by atoms with Crippen molar-refractivity contribution in [1.29, 1.82) is 0 Å². The predicted octanol–water partition coefficient (Wildman–Crippen LogP) is 4.05. The highest BCUT2D eigenvalue weighted by Gasteiger charge is 2.20. The molecule has 126 valence electrons. The van der Waals surface area contributed by atoms with Crippen LogP contribution in [0.2, 0.25) is 5.02 Å². The van der Waals surface area contributed by atoms with E-state index >= 15 is 0 Å². The maximum Gasteiger partial charge on any atom is 0.255 e. The summed E-state index contributed by atoms with van der Waals surface area (Å²) in [4.78, 5) is 14.9. The zero-order valence-electron chi connectivity index (χ0n) is 13.9. The summed E-state index contributed by atoms with van der Waals surface area (Å²) in [6.07, 6.45) is 0. The number of aryl methyl sites for hydroxylation is 1. The standard InChI is InChI=1S/C19H21ClN2O2/c1-13-5-3-6-15(14(13)2)19(23)21-17-8-4-7-16(20)18(17)22-9-11-24-12-10-22/h3-8H,9-12H2,1-2H3,(H,21,23). The first kappa shape index (κ1) is 16.8. The van der Waals surface area contributed by atoms with Gasteiger partial charge in [0, 0.05) is 18.7 Å². The van der Waals surface area contributed by atoms with Crippen LogP contribution in [0.1, 0.15) is 21.5 Å². The summed E-state index contributed by atoms with van der Waals surface area (Å²) < 4.78 is 5.41. The fraction of sp³-hybridized carbons (Fsp3) is 0.316. The number of nitrogens with one attached hydrogen (secondary N) is 1. The van der Waals surface area contributed by atoms with Gasteiger partial charge in [0.25, 0.3) is 5.91 Å². The normalized spacial score (nSPS) is 14.5. The number of anilines is 2. The van der Waals surface area contributed by atoms with Crippen LogP contribution in [0.3, 0.4) is 0 Å². The van der Waals surface area contributed by atoms with Crippen LogP contribution in [0.15, 0.2) is 36.4 Å². The molecule has 0 atom stereocenters. The molecule has 0 aliphatic carbocycles. The minimum absolute atomic E-state index is 0.118. The zero-order chi connectivity index (χ0) is 17.1. The molecular formula is C19H21ClN2O2. The maximum atomic E-state index is 12.7. The van der Waals surface area contributed by atoms with E-state index < -0.39 is 0 Å². The number of ether oxygens (including phenoxy) is 1. The van der Waals surface area contributed by atoms with Crippen molar-refractivity contribution in [3.8, 4) is 0 Å². The Hall–Kier alpha value is -2.04. The van der Waals surface area contributed by atoms with Gasteiger partial charge in [-0.05, 0) is 43.2 Å². The van der Waals surface area contributed by atoms with Gasteiger partial charge in [0.05, 0.1) is 29.6 Å². The van der Waals surface area contributed by atoms with Gasteiger partial charge in [-0.2, -0.15) is 0 Å². The molecule has 1 N–H and O–H groups in total. The quantitative estimate of drug-likeness (QED) is 0.913. The Balaban J connectivity index is 1.91. The molecule has 0 radical (unpaired) electrons. The molecule has 2 aromatic rings. The number of rotatable bonds is 3. The van der Waals surface area contributed by atoms with Crippen LogP contribution in [-0.2, 0) is 4.74 Å². The largest absolute Gasteiger partial charge is 0.378 e. The van der Waals surface area contributed by atoms with Crippen LogP contribution in [-0.4, -0.2) is 32.2 Å². The monoisotopic (exact) mass is 344 g/mol. The minimum atomic E-state index is -0.118. The smallest absolute Gasteiger partial charge is 0.255 e. The van der Waals surface area contributed by atoms with Crippen LogP contribution in [0, 0.1) is 13.8 Å². The molecule has 3 rings (SSSR count). The molecule has 1 aliphatic heterocycles. The number of hydrogen-bond acceptors (Lipinski definition) is 3. The highest BCUT2D eigenvalue weighted by atomic mass is 35.5. The van der Waals surface area contributed by atoms with Crippen molar-refractivity contribution >= 4 is 28.9 Å². The molecule has 1 heterocycles. The maximum absolute atomic E-state index is 12.7. The number of carbonyl (C=O) groups is 1. The number of morpholine rings is 1. The Kier molecular flexibility index (Phi) is 5.07. The summed E-state index contributed by atoms with van der Waals surface area (Å²) in [7, 11) is 0. The van der Waals surface area contributed by atoms with Crippen LogP contribution in [0.5, 0.6) is 0 Å². The van der Waals surface area contributed by atoms with Gasteiger partial charge in [0.15, 0.2) is 0 Å². The molecule has 0 bridgehead atoms. The van der Waals surface area contributed by atoms with E-state index in [4.69, 9.17) is 16.3 Å². The fourth-order valence-corrected chi connectivity index (χ4v) is 3.21. The van der Waals surface area contributed by atoms with Crippen LogP contribution in [0.25, 0.3) is 0 Å². The Morgan fingerprint density at radius 1 is 1.12 bits per heavy atom. The highest BCUT2D eigenvalue weighted by Crippen LogP contribution is 2.34. The highest BCUT2D eigenvalue weighted by molar-refractivity contribution is 6.34. The molecule has 4 nitrogen and oxygen atoms in total. The first-order valence-corrected chi connectivity index (χ1v) is 8.44. The molecular weight excluding hydrogens is 324 g/mol. The van der Waals surface area contributed by atoms with Gasteiger partial charge >= 0.3 is 0 Å². The lowest BCUT2D eigenvalue weighted by Gasteiger charge is -2.31. The van der Waals surface area contributed by atoms with Crippen molar-refractivity contribution < 1.29 is 9.53 Å². The number of benzene rings is 2. The van der Waals surface area contributed by atoms with E-state index in [0.717, 1.165) is 35.6 Å². The molecule has 0 saturated carbocycles. The van der Waals surface area contributed by atoms with E-state index in [1.54, 1.807) is 0 Å². The van der Waals surface area contributed by atoms with Crippen molar-refractivity contribution in [3.63, 3.8) is 0 Å². The van der Waals surface area contributed by atoms with E-state index in [1.165, 1.54) is 0 Å². The van der Waals surface area contributed by atoms with Crippen LogP contribution < -0.4 is 10.2 Å². The van der Waals surface area contributed by atoms with E-state index in [2.05, 4.69) is 10.2 Å². The Bertz CT molecular complexity index is 755. The molecule has 5 heteroatoms. The van der Waals surface area contributed by atoms with Crippen molar-refractivity contribution in [2.24, 2.45) is 0 Å². The third-order valence-electron chi connectivity index (χ3n) is 4.41. The average Bonchev–Trinajstić information content (AvgIpc) is 2.58. The molecule has 0 unspecified atom stereocenters. The molecule has 2 aromatic carbocycles. The van der Waals surface area contributed by atoms with E-state index in [9.17, 15) is 4.79 Å². The second-order valence-corrected chi connectivity index (χ2v) is 6.34. The third kappa shape index (κ3) is 3.40. The Morgan fingerprint density at radius 3 is 2.58 bits per heavy atom. The van der Waals surface area contributed by atoms with Crippen LogP contribution >= 0.6 is 11.6 Å². The van der Waals surface area contributed by atoms with Crippen molar-refractivity contribution in [1.82, 2.24) is 0 Å². The van der Waals surface area contributed by atoms with Gasteiger partial charge in [-0.1, -0.05) is 29.8 Å². The lowest BCUT2D eigenvalue weighted by atomic mass is 10.0. The van der Waals surface area contributed by atoms with E-state index in [-0.39, 0.29) is 5.91 Å². The third-order valence-corrected chi connectivity index (χ3v) is 4.72. The van der Waals surface area contributed by atoms with Crippen molar-refractivity contribution in [3.05, 3.63) is 58.1 Å². The van der Waals surface area contributed by atoms with Crippen molar-refractivity contribution in [2.75, 3.05) is 36.5 Å². The van der Waals surface area contributed by atoms with Gasteiger partial charge in [-0.15, -0.1) is 0 Å². The first-order valence-electron chi connectivity index (χ1n) is 8.06. The Morgan fingerprint density at radius 2 is 1.83 bits per heavy atom. The number of para-hydroxylation sites is 1. The van der Waals surface area contributed by atoms with Gasteiger partial charge in [-0.25, -0.2) is 0 Å². The molecule has 1 saturated heterocycles. The Labute approximate surface area is 147 Å². The average molecular weight is 345 g/mol. The second-order valence-electron chi connectivity index (χ2n) is 5.94. The van der Waals surface area contributed by atoms with Crippen LogP contribution in [0.4, 0.5) is 11.4 Å². The number of nitrogens with zero attached hydrogens (tertiary/aromatic N) is 1.